The fourth-order valence-corrected chi connectivity index (χ4v) is 6.47. The molecule has 0 spiro atoms. The smallest absolute Gasteiger partial charge is 0.246 e. The number of carbonyl (C=O) groups excluding carboxylic acids is 1. The highest BCUT2D eigenvalue weighted by Gasteiger charge is 2.49. The number of benzene rings is 2. The standard InChI is InChI=1S/C23H26F2N2O4S/c1-14(2)31-18-7-5-17(6-8-18)26-23(28)19-11-15-3-10-21(19)27(13-15)32(29,30)22-12-16(24)4-9-20(22)25/h4-9,12,14-15,19,21H,3,10-11,13H2,1-2H3,(H,26,28)/t15-,19+,21+/m0/s1. The zero-order chi connectivity index (χ0) is 23.0. The van der Waals surface area contributed by atoms with Crippen molar-refractivity contribution in [1.82, 2.24) is 4.31 Å². The fraction of sp³-hybridized carbons (Fsp3) is 0.435. The summed E-state index contributed by atoms with van der Waals surface area (Å²) < 4.78 is 61.0. The van der Waals surface area contributed by atoms with E-state index in [1.165, 1.54) is 4.31 Å². The van der Waals surface area contributed by atoms with Gasteiger partial charge in [-0.15, -0.1) is 0 Å². The number of halogens is 2. The van der Waals surface area contributed by atoms with Crippen molar-refractivity contribution in [2.24, 2.45) is 11.8 Å². The molecule has 2 bridgehead atoms. The van der Waals surface area contributed by atoms with Crippen LogP contribution >= 0.6 is 0 Å². The predicted octanol–water partition coefficient (Wildman–Crippen LogP) is 4.18. The Bertz CT molecular complexity index is 1110. The first-order chi connectivity index (χ1) is 15.1. The predicted molar refractivity (Wildman–Crippen MR) is 116 cm³/mol. The molecule has 1 saturated carbocycles. The lowest BCUT2D eigenvalue weighted by Crippen LogP contribution is -2.57. The number of nitrogens with one attached hydrogen (secondary N) is 1. The third-order valence-electron chi connectivity index (χ3n) is 6.04. The summed E-state index contributed by atoms with van der Waals surface area (Å²) >= 11 is 0. The number of rotatable bonds is 6. The van der Waals surface area contributed by atoms with Crippen LogP contribution in [-0.2, 0) is 14.8 Å². The third-order valence-corrected chi connectivity index (χ3v) is 7.95. The molecule has 2 aromatic carbocycles. The van der Waals surface area contributed by atoms with Gasteiger partial charge in [-0.3, -0.25) is 4.79 Å². The lowest BCUT2D eigenvalue weighted by molar-refractivity contribution is -0.125. The number of hydrogen-bond donors (Lipinski definition) is 1. The van der Waals surface area contributed by atoms with Gasteiger partial charge in [0.25, 0.3) is 0 Å². The first-order valence-electron chi connectivity index (χ1n) is 10.7. The van der Waals surface area contributed by atoms with Gasteiger partial charge >= 0.3 is 0 Å². The van der Waals surface area contributed by atoms with E-state index in [0.717, 1.165) is 18.6 Å². The Labute approximate surface area is 186 Å². The molecule has 2 saturated heterocycles. The summed E-state index contributed by atoms with van der Waals surface area (Å²) in [6.45, 7) is 4.04. The molecule has 1 amide bonds. The summed E-state index contributed by atoms with van der Waals surface area (Å²) in [5.74, 6) is -2.01. The highest BCUT2D eigenvalue weighted by atomic mass is 32.2. The number of nitrogens with zero attached hydrogens (tertiary/aromatic N) is 1. The van der Waals surface area contributed by atoms with Gasteiger partial charge in [-0.1, -0.05) is 0 Å². The topological polar surface area (TPSA) is 75.7 Å². The highest BCUT2D eigenvalue weighted by molar-refractivity contribution is 7.89. The van der Waals surface area contributed by atoms with Crippen LogP contribution in [-0.4, -0.2) is 37.3 Å². The largest absolute Gasteiger partial charge is 0.491 e. The number of sulfonamides is 1. The Morgan fingerprint density at radius 1 is 1.12 bits per heavy atom. The molecule has 2 aliphatic heterocycles. The molecule has 6 nitrogen and oxygen atoms in total. The molecule has 32 heavy (non-hydrogen) atoms. The average molecular weight is 465 g/mol. The molecule has 1 N–H and O–H groups in total. The van der Waals surface area contributed by atoms with Gasteiger partial charge in [-0.2, -0.15) is 4.31 Å². The minimum absolute atomic E-state index is 0.0102. The van der Waals surface area contributed by atoms with Crippen LogP contribution in [0.3, 0.4) is 0 Å². The first kappa shape index (κ1) is 22.7. The Kier molecular flexibility index (Phi) is 6.22. The fourth-order valence-electron chi connectivity index (χ4n) is 4.63. The average Bonchev–Trinajstić information content (AvgIpc) is 2.76. The van der Waals surface area contributed by atoms with Crippen LogP contribution in [0.4, 0.5) is 14.5 Å². The lowest BCUT2D eigenvalue weighted by Gasteiger charge is -2.48. The number of anilines is 1. The summed E-state index contributed by atoms with van der Waals surface area (Å²) in [5, 5.41) is 2.86. The number of fused-ring (bicyclic) bond motifs is 3. The quantitative estimate of drug-likeness (QED) is 0.696. The Morgan fingerprint density at radius 3 is 2.50 bits per heavy atom. The van der Waals surface area contributed by atoms with Crippen molar-refractivity contribution >= 4 is 21.6 Å². The van der Waals surface area contributed by atoms with Crippen LogP contribution in [0.1, 0.15) is 33.1 Å². The molecule has 0 aromatic heterocycles. The maximum absolute atomic E-state index is 14.3. The van der Waals surface area contributed by atoms with E-state index in [2.05, 4.69) is 5.32 Å². The minimum Gasteiger partial charge on any atom is -0.491 e. The molecular weight excluding hydrogens is 438 g/mol. The summed E-state index contributed by atoms with van der Waals surface area (Å²) in [4.78, 5) is 12.4. The molecule has 9 heteroatoms. The van der Waals surface area contributed by atoms with Crippen molar-refractivity contribution in [3.05, 3.63) is 54.1 Å². The van der Waals surface area contributed by atoms with Gasteiger partial charge in [-0.25, -0.2) is 17.2 Å². The van der Waals surface area contributed by atoms with E-state index in [1.807, 2.05) is 13.8 Å². The molecule has 172 valence electrons. The van der Waals surface area contributed by atoms with Crippen LogP contribution in [0.5, 0.6) is 5.75 Å². The maximum Gasteiger partial charge on any atom is 0.246 e. The lowest BCUT2D eigenvalue weighted by atomic mass is 9.73. The Hall–Kier alpha value is -2.52. The van der Waals surface area contributed by atoms with Crippen LogP contribution in [0.15, 0.2) is 47.4 Å². The van der Waals surface area contributed by atoms with Gasteiger partial charge < -0.3 is 10.1 Å². The number of carbonyl (C=O) groups is 1. The number of hydrogen-bond acceptors (Lipinski definition) is 4. The van der Waals surface area contributed by atoms with Gasteiger partial charge in [0.05, 0.1) is 12.0 Å². The van der Waals surface area contributed by atoms with E-state index >= 15 is 0 Å². The number of piperidine rings is 2. The highest BCUT2D eigenvalue weighted by Crippen LogP contribution is 2.42. The SMILES string of the molecule is CC(C)Oc1ccc(NC(=O)[C@@H]2C[C@@H]3CC[C@H]2N(S(=O)(=O)c2cc(F)ccc2F)C3)cc1. The molecule has 5 rings (SSSR count). The molecule has 3 atom stereocenters. The maximum atomic E-state index is 14.3. The molecule has 3 fully saturated rings. The van der Waals surface area contributed by atoms with Crippen molar-refractivity contribution in [2.75, 3.05) is 11.9 Å². The Morgan fingerprint density at radius 2 is 1.84 bits per heavy atom. The van der Waals surface area contributed by atoms with E-state index in [1.54, 1.807) is 24.3 Å². The van der Waals surface area contributed by atoms with Crippen molar-refractivity contribution in [3.8, 4) is 5.75 Å². The van der Waals surface area contributed by atoms with Crippen LogP contribution in [0, 0.1) is 23.5 Å². The zero-order valence-corrected chi connectivity index (χ0v) is 18.7. The minimum atomic E-state index is -4.28. The van der Waals surface area contributed by atoms with E-state index in [-0.39, 0.29) is 24.5 Å². The summed E-state index contributed by atoms with van der Waals surface area (Å²) in [6, 6.07) is 8.75. The zero-order valence-electron chi connectivity index (χ0n) is 17.9. The second-order valence-corrected chi connectivity index (χ2v) is 10.5. The van der Waals surface area contributed by atoms with Crippen molar-refractivity contribution in [1.29, 1.82) is 0 Å². The van der Waals surface area contributed by atoms with Crippen molar-refractivity contribution in [3.63, 3.8) is 0 Å². The van der Waals surface area contributed by atoms with Gasteiger partial charge in [0, 0.05) is 18.3 Å². The molecule has 2 heterocycles. The molecule has 0 unspecified atom stereocenters. The van der Waals surface area contributed by atoms with E-state index in [4.69, 9.17) is 4.74 Å². The van der Waals surface area contributed by atoms with Gasteiger partial charge in [0.15, 0.2) is 0 Å². The monoisotopic (exact) mass is 464 g/mol. The van der Waals surface area contributed by atoms with E-state index < -0.39 is 38.5 Å². The van der Waals surface area contributed by atoms with Crippen LogP contribution < -0.4 is 10.1 Å². The Balaban J connectivity index is 1.53. The molecule has 0 radical (unpaired) electrons. The van der Waals surface area contributed by atoms with E-state index in [0.29, 0.717) is 30.3 Å². The summed E-state index contributed by atoms with van der Waals surface area (Å²) in [5.41, 5.74) is 0.582. The number of amides is 1. The van der Waals surface area contributed by atoms with Crippen molar-refractivity contribution < 1.29 is 26.7 Å². The second-order valence-electron chi connectivity index (χ2n) is 8.68. The molecule has 1 aliphatic carbocycles. The van der Waals surface area contributed by atoms with Crippen LogP contribution in [0.2, 0.25) is 0 Å². The van der Waals surface area contributed by atoms with Crippen LogP contribution in [0.25, 0.3) is 0 Å². The molecule has 2 aromatic rings. The van der Waals surface area contributed by atoms with Gasteiger partial charge in [0.2, 0.25) is 15.9 Å². The normalized spacial score (nSPS) is 23.3. The first-order valence-corrected chi connectivity index (χ1v) is 12.1. The number of ether oxygens (including phenoxy) is 1. The second kappa shape index (κ2) is 8.78. The van der Waals surface area contributed by atoms with Crippen molar-refractivity contribution in [2.45, 2.75) is 50.2 Å². The van der Waals surface area contributed by atoms with Gasteiger partial charge in [-0.05, 0) is 81.5 Å². The third kappa shape index (κ3) is 4.49. The molecular formula is C23H26F2N2O4S. The summed E-state index contributed by atoms with van der Waals surface area (Å²) in [7, 11) is -4.28. The summed E-state index contributed by atoms with van der Waals surface area (Å²) in [6.07, 6.45) is 1.89. The van der Waals surface area contributed by atoms with Gasteiger partial charge in [0.1, 0.15) is 22.3 Å². The van der Waals surface area contributed by atoms with E-state index in [9.17, 15) is 22.0 Å². The molecule has 3 aliphatic rings.